The molecule has 0 bridgehead atoms. The maximum atomic E-state index is 11.7. The molecule has 0 fully saturated rings. The van der Waals surface area contributed by atoms with Crippen LogP contribution < -0.4 is 11.1 Å². The molecule has 1 amide bonds. The van der Waals surface area contributed by atoms with Gasteiger partial charge >= 0.3 is 0 Å². The quantitative estimate of drug-likeness (QED) is 0.829. The van der Waals surface area contributed by atoms with Crippen LogP contribution in [0.25, 0.3) is 0 Å². The third kappa shape index (κ3) is 4.38. The van der Waals surface area contributed by atoms with Gasteiger partial charge in [-0.3, -0.25) is 4.79 Å². The van der Waals surface area contributed by atoms with E-state index in [-0.39, 0.29) is 17.9 Å². The van der Waals surface area contributed by atoms with Crippen LogP contribution in [0.3, 0.4) is 0 Å². The van der Waals surface area contributed by atoms with E-state index in [1.165, 1.54) is 0 Å². The molecule has 0 aliphatic heterocycles. The molecule has 0 aromatic carbocycles. The molecule has 1 aromatic heterocycles. The fraction of sp³-hybridized carbons (Fsp3) is 0.692. The first-order valence-electron chi connectivity index (χ1n) is 6.39. The Morgan fingerprint density at radius 2 is 2.11 bits per heavy atom. The zero-order chi connectivity index (χ0) is 13.7. The number of nitrogens with two attached hydrogens (primary N) is 1. The van der Waals surface area contributed by atoms with Crippen LogP contribution in [-0.4, -0.2) is 23.5 Å². The fourth-order valence-corrected chi connectivity index (χ4v) is 2.29. The Morgan fingerprint density at radius 3 is 2.61 bits per heavy atom. The Labute approximate surface area is 113 Å². The van der Waals surface area contributed by atoms with Crippen molar-refractivity contribution in [2.75, 3.05) is 6.54 Å². The smallest absolute Gasteiger partial charge is 0.224 e. The van der Waals surface area contributed by atoms with Crippen LogP contribution in [0.1, 0.15) is 44.3 Å². The van der Waals surface area contributed by atoms with E-state index in [9.17, 15) is 4.79 Å². The molecule has 18 heavy (non-hydrogen) atoms. The average molecular weight is 269 g/mol. The SMILES string of the molecule is CC(C)c1nc(CCNC(=O)C(C)C(C)N)cs1. The second kappa shape index (κ2) is 6.85. The normalized spacial score (nSPS) is 14.6. The van der Waals surface area contributed by atoms with Crippen molar-refractivity contribution in [2.24, 2.45) is 11.7 Å². The maximum absolute atomic E-state index is 11.7. The van der Waals surface area contributed by atoms with Crippen molar-refractivity contribution in [3.05, 3.63) is 16.1 Å². The summed E-state index contributed by atoms with van der Waals surface area (Å²) in [7, 11) is 0. The zero-order valence-electron chi connectivity index (χ0n) is 11.6. The lowest BCUT2D eigenvalue weighted by Crippen LogP contribution is -2.39. The average Bonchev–Trinajstić information content (AvgIpc) is 2.76. The summed E-state index contributed by atoms with van der Waals surface area (Å²) in [6.45, 7) is 8.58. The minimum absolute atomic E-state index is 0.0179. The molecule has 1 aromatic rings. The van der Waals surface area contributed by atoms with Gasteiger partial charge in [0, 0.05) is 36.2 Å². The van der Waals surface area contributed by atoms with Crippen LogP contribution in [0.5, 0.6) is 0 Å². The Balaban J connectivity index is 2.35. The third-order valence-electron chi connectivity index (χ3n) is 2.95. The molecule has 0 aliphatic carbocycles. The van der Waals surface area contributed by atoms with Gasteiger partial charge in [0.25, 0.3) is 0 Å². The summed E-state index contributed by atoms with van der Waals surface area (Å²) in [6.07, 6.45) is 0.778. The first-order valence-corrected chi connectivity index (χ1v) is 7.27. The van der Waals surface area contributed by atoms with Crippen LogP contribution in [0, 0.1) is 5.92 Å². The van der Waals surface area contributed by atoms with Crippen LogP contribution in [0.15, 0.2) is 5.38 Å². The lowest BCUT2D eigenvalue weighted by molar-refractivity contribution is -0.124. The number of hydrogen-bond acceptors (Lipinski definition) is 4. The van der Waals surface area contributed by atoms with Gasteiger partial charge in [-0.2, -0.15) is 0 Å². The van der Waals surface area contributed by atoms with Crippen molar-refractivity contribution in [1.82, 2.24) is 10.3 Å². The van der Waals surface area contributed by atoms with Crippen LogP contribution in [0.4, 0.5) is 0 Å². The van der Waals surface area contributed by atoms with Crippen LogP contribution in [0.2, 0.25) is 0 Å². The summed E-state index contributed by atoms with van der Waals surface area (Å²) in [4.78, 5) is 16.2. The Hall–Kier alpha value is -0.940. The van der Waals surface area contributed by atoms with Gasteiger partial charge in [0.15, 0.2) is 0 Å². The predicted molar refractivity (Wildman–Crippen MR) is 75.7 cm³/mol. The van der Waals surface area contributed by atoms with E-state index in [4.69, 9.17) is 5.73 Å². The molecule has 5 heteroatoms. The molecule has 3 N–H and O–H groups in total. The van der Waals surface area contributed by atoms with Crippen molar-refractivity contribution in [1.29, 1.82) is 0 Å². The number of thiazole rings is 1. The Bertz CT molecular complexity index is 387. The molecule has 0 saturated heterocycles. The Kier molecular flexibility index (Phi) is 5.75. The van der Waals surface area contributed by atoms with Crippen LogP contribution >= 0.6 is 11.3 Å². The first-order chi connectivity index (χ1) is 8.41. The fourth-order valence-electron chi connectivity index (χ4n) is 1.42. The summed E-state index contributed by atoms with van der Waals surface area (Å²) in [5.74, 6) is 0.340. The number of carbonyl (C=O) groups excluding carboxylic acids is 1. The zero-order valence-corrected chi connectivity index (χ0v) is 12.4. The second-order valence-electron chi connectivity index (χ2n) is 5.02. The molecule has 4 nitrogen and oxygen atoms in total. The highest BCUT2D eigenvalue weighted by Crippen LogP contribution is 2.19. The van der Waals surface area contributed by atoms with Gasteiger partial charge < -0.3 is 11.1 Å². The maximum Gasteiger partial charge on any atom is 0.224 e. The molecular formula is C13H23N3OS. The lowest BCUT2D eigenvalue weighted by atomic mass is 10.0. The van der Waals surface area contributed by atoms with E-state index in [1.54, 1.807) is 11.3 Å². The standard InChI is InChI=1S/C13H23N3OS/c1-8(2)13-16-11(7-18-13)5-6-15-12(17)9(3)10(4)14/h7-10H,5-6,14H2,1-4H3,(H,15,17). The highest BCUT2D eigenvalue weighted by Gasteiger charge is 2.16. The van der Waals surface area contributed by atoms with E-state index < -0.39 is 0 Å². The number of amides is 1. The second-order valence-corrected chi connectivity index (χ2v) is 5.91. The van der Waals surface area contributed by atoms with Crippen molar-refractivity contribution in [3.8, 4) is 0 Å². The highest BCUT2D eigenvalue weighted by molar-refractivity contribution is 7.09. The molecule has 2 atom stereocenters. The van der Waals surface area contributed by atoms with E-state index in [0.29, 0.717) is 12.5 Å². The summed E-state index contributed by atoms with van der Waals surface area (Å²) in [5, 5.41) is 6.12. The summed E-state index contributed by atoms with van der Waals surface area (Å²) in [5.41, 5.74) is 6.74. The lowest BCUT2D eigenvalue weighted by Gasteiger charge is -2.14. The molecule has 0 spiro atoms. The summed E-state index contributed by atoms with van der Waals surface area (Å²) >= 11 is 1.68. The van der Waals surface area contributed by atoms with E-state index in [1.807, 2.05) is 13.8 Å². The van der Waals surface area contributed by atoms with Gasteiger partial charge in [-0.15, -0.1) is 11.3 Å². The number of carbonyl (C=O) groups is 1. The molecule has 1 heterocycles. The Morgan fingerprint density at radius 1 is 1.44 bits per heavy atom. The predicted octanol–water partition coefficient (Wildman–Crippen LogP) is 1.91. The van der Waals surface area contributed by atoms with E-state index >= 15 is 0 Å². The van der Waals surface area contributed by atoms with Crippen LogP contribution in [-0.2, 0) is 11.2 Å². The van der Waals surface area contributed by atoms with Crippen molar-refractivity contribution in [3.63, 3.8) is 0 Å². The van der Waals surface area contributed by atoms with E-state index in [2.05, 4.69) is 29.5 Å². The van der Waals surface area contributed by atoms with Gasteiger partial charge in [-0.1, -0.05) is 20.8 Å². The number of nitrogens with one attached hydrogen (secondary N) is 1. The number of nitrogens with zero attached hydrogens (tertiary/aromatic N) is 1. The first kappa shape index (κ1) is 15.1. The van der Waals surface area contributed by atoms with Crippen molar-refractivity contribution in [2.45, 2.75) is 46.1 Å². The minimum Gasteiger partial charge on any atom is -0.355 e. The van der Waals surface area contributed by atoms with Gasteiger partial charge in [0.1, 0.15) is 0 Å². The molecule has 2 unspecified atom stereocenters. The summed E-state index contributed by atoms with van der Waals surface area (Å²) < 4.78 is 0. The highest BCUT2D eigenvalue weighted by atomic mass is 32.1. The molecule has 0 saturated carbocycles. The van der Waals surface area contributed by atoms with Crippen molar-refractivity contribution < 1.29 is 4.79 Å². The van der Waals surface area contributed by atoms with Gasteiger partial charge in [-0.25, -0.2) is 4.98 Å². The molecule has 1 rings (SSSR count). The topological polar surface area (TPSA) is 68.0 Å². The monoisotopic (exact) mass is 269 g/mol. The third-order valence-corrected chi connectivity index (χ3v) is 4.14. The van der Waals surface area contributed by atoms with Gasteiger partial charge in [0.05, 0.1) is 10.7 Å². The van der Waals surface area contributed by atoms with Gasteiger partial charge in [-0.05, 0) is 6.92 Å². The molecule has 102 valence electrons. The molecule has 0 radical (unpaired) electrons. The molecule has 0 aliphatic rings. The molecular weight excluding hydrogens is 246 g/mol. The summed E-state index contributed by atoms with van der Waals surface area (Å²) in [6, 6.07) is -0.114. The van der Waals surface area contributed by atoms with Gasteiger partial charge in [0.2, 0.25) is 5.91 Å². The number of rotatable bonds is 6. The van der Waals surface area contributed by atoms with Crippen molar-refractivity contribution >= 4 is 17.2 Å². The number of aromatic nitrogens is 1. The van der Waals surface area contributed by atoms with E-state index in [0.717, 1.165) is 17.1 Å². The minimum atomic E-state index is -0.147. The number of hydrogen-bond donors (Lipinski definition) is 2. The largest absolute Gasteiger partial charge is 0.355 e.